The number of hydrogen-bond donors (Lipinski definition) is 3. The fourth-order valence-electron chi connectivity index (χ4n) is 4.00. The standard InChI is InChI=1S/C25H31ClFN7O/c1-18-17-19(26)9-10-21(18)29-24-30-23(28-11-5-2-6-16-35)31-25(32-24)34-14-12-33(13-15-34)22-8-4-3-7-20(22)27/h3-4,7-10,17,35H,2,5-6,11-16H2,1H3,(H2,28,29,30,31,32). The van der Waals surface area contributed by atoms with Gasteiger partial charge >= 0.3 is 0 Å². The molecule has 1 saturated heterocycles. The van der Waals surface area contributed by atoms with Gasteiger partial charge in [0.15, 0.2) is 0 Å². The van der Waals surface area contributed by atoms with Crippen LogP contribution >= 0.6 is 11.6 Å². The third-order valence-electron chi connectivity index (χ3n) is 5.93. The predicted octanol–water partition coefficient (Wildman–Crippen LogP) is 4.62. The normalized spacial score (nSPS) is 13.7. The Labute approximate surface area is 210 Å². The van der Waals surface area contributed by atoms with Crippen molar-refractivity contribution in [1.82, 2.24) is 15.0 Å². The Morgan fingerprint density at radius 2 is 1.69 bits per heavy atom. The number of aryl methyl sites for hydroxylation is 1. The topological polar surface area (TPSA) is 89.4 Å². The number of para-hydroxylation sites is 1. The van der Waals surface area contributed by atoms with Crippen molar-refractivity contribution < 1.29 is 9.50 Å². The van der Waals surface area contributed by atoms with Crippen LogP contribution < -0.4 is 20.4 Å². The summed E-state index contributed by atoms with van der Waals surface area (Å²) in [5, 5.41) is 16.2. The van der Waals surface area contributed by atoms with Crippen molar-refractivity contribution in [2.75, 3.05) is 59.8 Å². The molecule has 2 aromatic carbocycles. The third-order valence-corrected chi connectivity index (χ3v) is 6.17. The van der Waals surface area contributed by atoms with Crippen LogP contribution in [0.1, 0.15) is 24.8 Å². The van der Waals surface area contributed by atoms with Crippen LogP contribution in [0.4, 0.5) is 33.6 Å². The van der Waals surface area contributed by atoms with Crippen molar-refractivity contribution >= 4 is 40.8 Å². The number of hydrogen-bond acceptors (Lipinski definition) is 8. The molecule has 0 unspecified atom stereocenters. The third kappa shape index (κ3) is 6.70. The zero-order valence-electron chi connectivity index (χ0n) is 19.8. The number of aliphatic hydroxyl groups is 1. The Hall–Kier alpha value is -3.17. The van der Waals surface area contributed by atoms with E-state index in [1.807, 2.05) is 42.2 Å². The molecule has 0 radical (unpaired) electrons. The van der Waals surface area contributed by atoms with Gasteiger partial charge in [0.2, 0.25) is 17.8 Å². The van der Waals surface area contributed by atoms with Crippen molar-refractivity contribution in [2.45, 2.75) is 26.2 Å². The average Bonchev–Trinajstić information content (AvgIpc) is 2.86. The molecule has 4 rings (SSSR count). The van der Waals surface area contributed by atoms with Gasteiger partial charge in [-0.05, 0) is 62.1 Å². The fraction of sp³-hybridized carbons (Fsp3) is 0.400. The molecule has 0 atom stereocenters. The number of unbranched alkanes of at least 4 members (excludes halogenated alkanes) is 2. The number of benzene rings is 2. The molecule has 10 heteroatoms. The minimum atomic E-state index is -0.210. The molecule has 2 heterocycles. The smallest absolute Gasteiger partial charge is 0.233 e. The first-order valence-electron chi connectivity index (χ1n) is 11.9. The Balaban J connectivity index is 1.50. The van der Waals surface area contributed by atoms with Crippen LogP contribution in [-0.2, 0) is 0 Å². The van der Waals surface area contributed by atoms with Crippen molar-refractivity contribution in [3.63, 3.8) is 0 Å². The molecule has 0 bridgehead atoms. The van der Waals surface area contributed by atoms with Crippen LogP contribution in [0.15, 0.2) is 42.5 Å². The molecule has 0 saturated carbocycles. The van der Waals surface area contributed by atoms with E-state index in [0.29, 0.717) is 61.3 Å². The first kappa shape index (κ1) is 24.9. The first-order valence-corrected chi connectivity index (χ1v) is 12.3. The van der Waals surface area contributed by atoms with E-state index in [9.17, 15) is 4.39 Å². The lowest BCUT2D eigenvalue weighted by molar-refractivity contribution is 0.283. The highest BCUT2D eigenvalue weighted by Crippen LogP contribution is 2.25. The molecule has 186 valence electrons. The lowest BCUT2D eigenvalue weighted by Crippen LogP contribution is -2.47. The van der Waals surface area contributed by atoms with Crippen LogP contribution in [0.25, 0.3) is 0 Å². The van der Waals surface area contributed by atoms with Crippen molar-refractivity contribution in [3.8, 4) is 0 Å². The zero-order valence-corrected chi connectivity index (χ0v) is 20.6. The Bertz CT molecular complexity index is 1120. The van der Waals surface area contributed by atoms with Crippen LogP contribution in [0.5, 0.6) is 0 Å². The maximum atomic E-state index is 14.2. The number of rotatable bonds is 10. The molecule has 0 spiro atoms. The second-order valence-electron chi connectivity index (χ2n) is 8.50. The molecule has 0 aliphatic carbocycles. The molecule has 1 aliphatic heterocycles. The molecule has 1 fully saturated rings. The van der Waals surface area contributed by atoms with Crippen molar-refractivity contribution in [2.24, 2.45) is 0 Å². The Morgan fingerprint density at radius 3 is 2.43 bits per heavy atom. The minimum Gasteiger partial charge on any atom is -0.396 e. The lowest BCUT2D eigenvalue weighted by Gasteiger charge is -2.36. The molecule has 3 aromatic rings. The van der Waals surface area contributed by atoms with Gasteiger partial charge in [0, 0.05) is 50.0 Å². The second-order valence-corrected chi connectivity index (χ2v) is 8.94. The van der Waals surface area contributed by atoms with Gasteiger partial charge in [-0.15, -0.1) is 0 Å². The van der Waals surface area contributed by atoms with Crippen LogP contribution in [-0.4, -0.2) is 59.4 Å². The van der Waals surface area contributed by atoms with E-state index in [0.717, 1.165) is 30.5 Å². The Kier molecular flexibility index (Phi) is 8.54. The van der Waals surface area contributed by atoms with E-state index < -0.39 is 0 Å². The van der Waals surface area contributed by atoms with Gasteiger partial charge in [0.05, 0.1) is 5.69 Å². The van der Waals surface area contributed by atoms with Gasteiger partial charge in [0.25, 0.3) is 0 Å². The number of aromatic nitrogens is 3. The monoisotopic (exact) mass is 499 g/mol. The quantitative estimate of drug-likeness (QED) is 0.348. The summed E-state index contributed by atoms with van der Waals surface area (Å²) in [5.41, 5.74) is 2.47. The largest absolute Gasteiger partial charge is 0.396 e. The average molecular weight is 500 g/mol. The number of anilines is 5. The van der Waals surface area contributed by atoms with Crippen LogP contribution in [0, 0.1) is 12.7 Å². The number of halogens is 2. The molecule has 8 nitrogen and oxygen atoms in total. The maximum Gasteiger partial charge on any atom is 0.233 e. The summed E-state index contributed by atoms with van der Waals surface area (Å²) in [6.07, 6.45) is 2.61. The highest BCUT2D eigenvalue weighted by atomic mass is 35.5. The maximum absolute atomic E-state index is 14.2. The van der Waals surface area contributed by atoms with E-state index >= 15 is 0 Å². The van der Waals surface area contributed by atoms with Gasteiger partial charge in [-0.2, -0.15) is 15.0 Å². The summed E-state index contributed by atoms with van der Waals surface area (Å²) in [6, 6.07) is 12.5. The number of piperazine rings is 1. The number of nitrogens with one attached hydrogen (secondary N) is 2. The summed E-state index contributed by atoms with van der Waals surface area (Å²) < 4.78 is 14.2. The van der Waals surface area contributed by atoms with E-state index in [1.54, 1.807) is 6.07 Å². The van der Waals surface area contributed by atoms with Gasteiger partial charge in [-0.25, -0.2) is 4.39 Å². The number of nitrogens with zero attached hydrogens (tertiary/aromatic N) is 5. The second kappa shape index (κ2) is 12.0. The summed E-state index contributed by atoms with van der Waals surface area (Å²) in [4.78, 5) is 18.0. The molecular formula is C25H31ClFN7O. The molecular weight excluding hydrogens is 469 g/mol. The zero-order chi connectivity index (χ0) is 24.6. The van der Waals surface area contributed by atoms with Crippen molar-refractivity contribution in [3.05, 3.63) is 58.9 Å². The SMILES string of the molecule is Cc1cc(Cl)ccc1Nc1nc(NCCCCCO)nc(N2CCN(c3ccccc3F)CC2)n1. The first-order chi connectivity index (χ1) is 17.0. The van der Waals surface area contributed by atoms with Gasteiger partial charge in [-0.1, -0.05) is 23.7 Å². The predicted molar refractivity (Wildman–Crippen MR) is 140 cm³/mol. The molecule has 3 N–H and O–H groups in total. The molecule has 0 amide bonds. The van der Waals surface area contributed by atoms with E-state index in [-0.39, 0.29) is 12.4 Å². The Morgan fingerprint density at radius 1 is 0.943 bits per heavy atom. The van der Waals surface area contributed by atoms with Gasteiger partial charge in [0.1, 0.15) is 5.82 Å². The van der Waals surface area contributed by atoms with Crippen LogP contribution in [0.3, 0.4) is 0 Å². The van der Waals surface area contributed by atoms with Gasteiger partial charge in [-0.3, -0.25) is 0 Å². The summed E-state index contributed by atoms with van der Waals surface area (Å²) in [7, 11) is 0. The van der Waals surface area contributed by atoms with Gasteiger partial charge < -0.3 is 25.5 Å². The van der Waals surface area contributed by atoms with Crippen molar-refractivity contribution in [1.29, 1.82) is 0 Å². The lowest BCUT2D eigenvalue weighted by atomic mass is 10.2. The molecule has 1 aliphatic rings. The molecule has 1 aromatic heterocycles. The fourth-order valence-corrected chi connectivity index (χ4v) is 4.22. The summed E-state index contributed by atoms with van der Waals surface area (Å²) in [6.45, 7) is 5.51. The van der Waals surface area contributed by atoms with E-state index in [2.05, 4.69) is 30.5 Å². The number of aliphatic hydroxyl groups excluding tert-OH is 1. The minimum absolute atomic E-state index is 0.198. The van der Waals surface area contributed by atoms with E-state index in [1.165, 1.54) is 6.07 Å². The molecule has 35 heavy (non-hydrogen) atoms. The highest BCUT2D eigenvalue weighted by Gasteiger charge is 2.22. The summed E-state index contributed by atoms with van der Waals surface area (Å²) >= 11 is 6.10. The van der Waals surface area contributed by atoms with E-state index in [4.69, 9.17) is 16.7 Å². The summed E-state index contributed by atoms with van der Waals surface area (Å²) in [5.74, 6) is 1.29. The highest BCUT2D eigenvalue weighted by molar-refractivity contribution is 6.30. The van der Waals surface area contributed by atoms with Crippen LogP contribution in [0.2, 0.25) is 5.02 Å².